The Morgan fingerprint density at radius 3 is 2.47 bits per heavy atom. The van der Waals surface area contributed by atoms with E-state index in [0.29, 0.717) is 22.8 Å². The minimum Gasteiger partial charge on any atom is -0.340 e. The number of halogens is 2. The first kappa shape index (κ1) is 24.5. The second-order valence-corrected chi connectivity index (χ2v) is 9.81. The number of thioether (sulfide) groups is 1. The third kappa shape index (κ3) is 6.61. The molecular formula is C19H21Cl2N3O4S2. The summed E-state index contributed by atoms with van der Waals surface area (Å²) in [4.78, 5) is 25.3. The third-order valence-electron chi connectivity index (χ3n) is 4.17. The van der Waals surface area contributed by atoms with Crippen molar-refractivity contribution in [3.63, 3.8) is 0 Å². The van der Waals surface area contributed by atoms with Crippen LogP contribution >= 0.6 is 35.0 Å². The van der Waals surface area contributed by atoms with Crippen LogP contribution in [0.25, 0.3) is 0 Å². The van der Waals surface area contributed by atoms with Crippen molar-refractivity contribution in [1.82, 2.24) is 5.32 Å². The van der Waals surface area contributed by atoms with Gasteiger partial charge >= 0.3 is 0 Å². The van der Waals surface area contributed by atoms with Gasteiger partial charge < -0.3 is 10.6 Å². The highest BCUT2D eigenvalue weighted by atomic mass is 35.5. The fraction of sp³-hybridized carbons (Fsp3) is 0.263. The molecule has 0 aromatic heterocycles. The highest BCUT2D eigenvalue weighted by Gasteiger charge is 2.23. The minimum atomic E-state index is -3.94. The van der Waals surface area contributed by atoms with Crippen molar-refractivity contribution in [1.29, 1.82) is 0 Å². The van der Waals surface area contributed by atoms with Crippen LogP contribution in [-0.4, -0.2) is 38.3 Å². The van der Waals surface area contributed by atoms with Gasteiger partial charge in [-0.15, -0.1) is 0 Å². The zero-order valence-electron chi connectivity index (χ0n) is 16.2. The summed E-state index contributed by atoms with van der Waals surface area (Å²) >= 11 is 13.5. The number of amides is 2. The predicted molar refractivity (Wildman–Crippen MR) is 122 cm³/mol. The zero-order chi connectivity index (χ0) is 22.5. The first-order chi connectivity index (χ1) is 14.0. The summed E-state index contributed by atoms with van der Waals surface area (Å²) in [5, 5.41) is 11.1. The van der Waals surface area contributed by atoms with Gasteiger partial charge in [0.2, 0.25) is 15.9 Å². The Labute approximate surface area is 189 Å². The van der Waals surface area contributed by atoms with E-state index in [1.807, 2.05) is 6.26 Å². The summed E-state index contributed by atoms with van der Waals surface area (Å²) in [6.07, 6.45) is 2.24. The van der Waals surface area contributed by atoms with E-state index in [2.05, 4.69) is 10.6 Å². The van der Waals surface area contributed by atoms with Gasteiger partial charge in [0.05, 0.1) is 15.5 Å². The molecular weight excluding hydrogens is 469 g/mol. The van der Waals surface area contributed by atoms with Crippen molar-refractivity contribution in [3.05, 3.63) is 57.6 Å². The lowest BCUT2D eigenvalue weighted by Crippen LogP contribution is -2.44. The summed E-state index contributed by atoms with van der Waals surface area (Å²) < 4.78 is 23.4. The molecule has 7 nitrogen and oxygen atoms in total. The molecule has 0 saturated heterocycles. The molecule has 0 aliphatic rings. The molecule has 0 aliphatic heterocycles. The van der Waals surface area contributed by atoms with Gasteiger partial charge in [0, 0.05) is 10.7 Å². The van der Waals surface area contributed by atoms with Crippen LogP contribution in [0.3, 0.4) is 0 Å². The lowest BCUT2D eigenvalue weighted by atomic mass is 10.1. The number of carbonyl (C=O) groups is 2. The number of primary sulfonamides is 1. The molecule has 2 rings (SSSR count). The molecule has 1 atom stereocenters. The lowest BCUT2D eigenvalue weighted by Gasteiger charge is -2.19. The molecule has 162 valence electrons. The Balaban J connectivity index is 2.22. The molecule has 0 saturated carbocycles. The maximum absolute atomic E-state index is 12.8. The van der Waals surface area contributed by atoms with Crippen molar-refractivity contribution in [2.75, 3.05) is 17.3 Å². The van der Waals surface area contributed by atoms with Gasteiger partial charge in [0.25, 0.3) is 5.91 Å². The molecule has 0 spiro atoms. The first-order valence-electron chi connectivity index (χ1n) is 8.72. The van der Waals surface area contributed by atoms with Crippen LogP contribution in [0.15, 0.2) is 41.3 Å². The molecule has 2 amide bonds. The number of rotatable bonds is 8. The van der Waals surface area contributed by atoms with E-state index in [1.165, 1.54) is 36.0 Å². The minimum absolute atomic E-state index is 0.0852. The monoisotopic (exact) mass is 489 g/mol. The lowest BCUT2D eigenvalue weighted by molar-refractivity contribution is -0.118. The van der Waals surface area contributed by atoms with Gasteiger partial charge in [0.15, 0.2) is 0 Å². The van der Waals surface area contributed by atoms with E-state index >= 15 is 0 Å². The fourth-order valence-electron chi connectivity index (χ4n) is 2.63. The SMILES string of the molecule is CSCCC(NC(=O)c1ccc(Cl)cc1Cl)C(=O)Nc1ccc(C)c(S(N)(=O)=O)c1. The average Bonchev–Trinajstić information content (AvgIpc) is 2.65. The smallest absolute Gasteiger partial charge is 0.253 e. The topological polar surface area (TPSA) is 118 Å². The average molecular weight is 490 g/mol. The van der Waals surface area contributed by atoms with E-state index in [0.717, 1.165) is 0 Å². The van der Waals surface area contributed by atoms with Gasteiger partial charge in [-0.1, -0.05) is 29.3 Å². The number of nitrogens with two attached hydrogens (primary N) is 1. The van der Waals surface area contributed by atoms with E-state index in [9.17, 15) is 18.0 Å². The van der Waals surface area contributed by atoms with Crippen molar-refractivity contribution < 1.29 is 18.0 Å². The Hall–Kier alpha value is -1.78. The van der Waals surface area contributed by atoms with Crippen LogP contribution < -0.4 is 15.8 Å². The number of hydrogen-bond acceptors (Lipinski definition) is 5. The Kier molecular flexibility index (Phi) is 8.57. The van der Waals surface area contributed by atoms with E-state index in [1.54, 1.807) is 19.1 Å². The molecule has 0 aliphatic carbocycles. The second kappa shape index (κ2) is 10.5. The van der Waals surface area contributed by atoms with Crippen LogP contribution in [0.4, 0.5) is 5.69 Å². The van der Waals surface area contributed by atoms with Gasteiger partial charge in [-0.25, -0.2) is 13.6 Å². The second-order valence-electron chi connectivity index (χ2n) is 6.45. The summed E-state index contributed by atoms with van der Waals surface area (Å²) in [6, 6.07) is 7.96. The van der Waals surface area contributed by atoms with Crippen LogP contribution in [-0.2, 0) is 14.8 Å². The maximum atomic E-state index is 12.8. The highest BCUT2D eigenvalue weighted by molar-refractivity contribution is 7.98. The van der Waals surface area contributed by atoms with E-state index < -0.39 is 27.9 Å². The summed E-state index contributed by atoms with van der Waals surface area (Å²) in [7, 11) is -3.94. The summed E-state index contributed by atoms with van der Waals surface area (Å²) in [5.41, 5.74) is 0.900. The normalized spacial score (nSPS) is 12.3. The molecule has 30 heavy (non-hydrogen) atoms. The van der Waals surface area contributed by atoms with Gasteiger partial charge in [-0.2, -0.15) is 11.8 Å². The van der Waals surface area contributed by atoms with E-state index in [-0.39, 0.29) is 21.2 Å². The molecule has 0 fully saturated rings. The summed E-state index contributed by atoms with van der Waals surface area (Å²) in [6.45, 7) is 1.60. The number of carbonyl (C=O) groups excluding carboxylic acids is 2. The van der Waals surface area contributed by atoms with Crippen LogP contribution in [0.1, 0.15) is 22.3 Å². The Bertz CT molecular complexity index is 1060. The highest BCUT2D eigenvalue weighted by Crippen LogP contribution is 2.22. The zero-order valence-corrected chi connectivity index (χ0v) is 19.4. The van der Waals surface area contributed by atoms with Crippen LogP contribution in [0.5, 0.6) is 0 Å². The van der Waals surface area contributed by atoms with Crippen molar-refractivity contribution in [2.24, 2.45) is 5.14 Å². The number of hydrogen-bond donors (Lipinski definition) is 3. The molecule has 0 radical (unpaired) electrons. The van der Waals surface area contributed by atoms with E-state index in [4.69, 9.17) is 28.3 Å². The van der Waals surface area contributed by atoms with Gasteiger partial charge in [-0.05, 0) is 61.2 Å². The molecule has 4 N–H and O–H groups in total. The maximum Gasteiger partial charge on any atom is 0.253 e. The quantitative estimate of drug-likeness (QED) is 0.524. The number of nitrogens with one attached hydrogen (secondary N) is 2. The molecule has 2 aromatic rings. The number of sulfonamides is 1. The van der Waals surface area contributed by atoms with Crippen LogP contribution in [0.2, 0.25) is 10.0 Å². The number of anilines is 1. The van der Waals surface area contributed by atoms with Crippen molar-refractivity contribution in [3.8, 4) is 0 Å². The predicted octanol–water partition coefficient (Wildman–Crippen LogP) is 3.44. The molecule has 1 unspecified atom stereocenters. The largest absolute Gasteiger partial charge is 0.340 e. The third-order valence-corrected chi connectivity index (χ3v) is 6.42. The fourth-order valence-corrected chi connectivity index (χ4v) is 4.40. The van der Waals surface area contributed by atoms with Crippen molar-refractivity contribution >= 4 is 62.5 Å². The summed E-state index contributed by atoms with van der Waals surface area (Å²) in [5.74, 6) is -0.401. The standard InChI is InChI=1S/C19H21Cl2N3O4S2/c1-11-3-5-13(10-17(11)30(22,27)28)23-19(26)16(7-8-29-2)24-18(25)14-6-4-12(20)9-15(14)21/h3-6,9-10,16H,7-8H2,1-2H3,(H,23,26)(H,24,25)(H2,22,27,28). The first-order valence-corrected chi connectivity index (χ1v) is 12.4. The number of benzene rings is 2. The Morgan fingerprint density at radius 2 is 1.87 bits per heavy atom. The molecule has 0 bridgehead atoms. The molecule has 11 heteroatoms. The van der Waals surface area contributed by atoms with Crippen LogP contribution in [0, 0.1) is 6.92 Å². The molecule has 2 aromatic carbocycles. The molecule has 0 heterocycles. The van der Waals surface area contributed by atoms with Crippen molar-refractivity contribution in [2.45, 2.75) is 24.3 Å². The Morgan fingerprint density at radius 1 is 1.17 bits per heavy atom. The van der Waals surface area contributed by atoms with Gasteiger partial charge in [-0.3, -0.25) is 9.59 Å². The number of aryl methyl sites for hydroxylation is 1. The van der Waals surface area contributed by atoms with Gasteiger partial charge in [0.1, 0.15) is 6.04 Å².